The molecule has 26 heavy (non-hydrogen) atoms. The third-order valence-electron chi connectivity index (χ3n) is 4.15. The van der Waals surface area contributed by atoms with E-state index in [1.165, 1.54) is 0 Å². The zero-order chi connectivity index (χ0) is 18.3. The van der Waals surface area contributed by atoms with Crippen LogP contribution in [0.5, 0.6) is 0 Å². The van der Waals surface area contributed by atoms with Gasteiger partial charge >= 0.3 is 5.69 Å². The number of aromatic nitrogens is 3. The van der Waals surface area contributed by atoms with Gasteiger partial charge in [0.1, 0.15) is 5.69 Å². The zero-order valence-corrected chi connectivity index (χ0v) is 14.6. The minimum Gasteiger partial charge on any atom is -0.350 e. The number of imidazole rings is 1. The summed E-state index contributed by atoms with van der Waals surface area (Å²) in [5, 5.41) is 4.35. The van der Waals surface area contributed by atoms with Crippen LogP contribution in [-0.4, -0.2) is 20.4 Å². The number of aromatic amines is 2. The fourth-order valence-electron chi connectivity index (χ4n) is 2.92. The van der Waals surface area contributed by atoms with E-state index < -0.39 is 0 Å². The highest BCUT2D eigenvalue weighted by molar-refractivity contribution is 6.31. The Labute approximate surface area is 153 Å². The summed E-state index contributed by atoms with van der Waals surface area (Å²) in [6, 6.07) is 14.3. The maximum atomic E-state index is 12.6. The molecule has 2 heterocycles. The molecule has 2 aromatic heterocycles. The lowest BCUT2D eigenvalue weighted by Gasteiger charge is -2.08. The van der Waals surface area contributed by atoms with Crippen LogP contribution in [0.25, 0.3) is 16.6 Å². The van der Waals surface area contributed by atoms with Crippen LogP contribution < -0.4 is 11.0 Å². The molecule has 0 unspecified atom stereocenters. The monoisotopic (exact) mass is 366 g/mol. The van der Waals surface area contributed by atoms with E-state index in [1.807, 2.05) is 19.1 Å². The molecule has 4 rings (SSSR count). The third kappa shape index (κ3) is 2.91. The fraction of sp³-hybridized carbons (Fsp3) is 0.0526. The molecule has 6 nitrogen and oxygen atoms in total. The van der Waals surface area contributed by atoms with E-state index in [4.69, 9.17) is 11.6 Å². The first-order valence-electron chi connectivity index (χ1n) is 7.98. The average Bonchev–Trinajstić information content (AvgIpc) is 3.18. The van der Waals surface area contributed by atoms with Gasteiger partial charge in [0.25, 0.3) is 5.91 Å². The number of carbonyl (C=O) groups is 1. The van der Waals surface area contributed by atoms with Crippen molar-refractivity contribution in [1.82, 2.24) is 14.5 Å². The molecular weight excluding hydrogens is 352 g/mol. The van der Waals surface area contributed by atoms with Crippen LogP contribution in [0.4, 0.5) is 5.69 Å². The van der Waals surface area contributed by atoms with Crippen LogP contribution in [-0.2, 0) is 0 Å². The van der Waals surface area contributed by atoms with Gasteiger partial charge in [-0.05, 0) is 43.3 Å². The summed E-state index contributed by atoms with van der Waals surface area (Å²) in [7, 11) is 0. The number of carbonyl (C=O) groups excluding carboxylic acids is 1. The van der Waals surface area contributed by atoms with Gasteiger partial charge in [-0.15, -0.1) is 0 Å². The molecule has 0 atom stereocenters. The Hall–Kier alpha value is -3.25. The Morgan fingerprint density at radius 3 is 2.77 bits per heavy atom. The molecule has 4 aromatic rings. The second-order valence-electron chi connectivity index (χ2n) is 5.99. The van der Waals surface area contributed by atoms with Gasteiger partial charge in [0.2, 0.25) is 0 Å². The Morgan fingerprint density at radius 1 is 1.15 bits per heavy atom. The second kappa shape index (κ2) is 6.24. The Kier molecular flexibility index (Phi) is 3.89. The van der Waals surface area contributed by atoms with Crippen LogP contribution in [0, 0.1) is 6.92 Å². The van der Waals surface area contributed by atoms with E-state index in [0.717, 1.165) is 16.6 Å². The summed E-state index contributed by atoms with van der Waals surface area (Å²) in [5.41, 5.74) is 3.06. The molecule has 130 valence electrons. The molecule has 1 amide bonds. The van der Waals surface area contributed by atoms with E-state index in [-0.39, 0.29) is 11.6 Å². The van der Waals surface area contributed by atoms with E-state index in [1.54, 1.807) is 47.2 Å². The van der Waals surface area contributed by atoms with Crippen molar-refractivity contribution in [3.8, 4) is 5.69 Å². The fourth-order valence-corrected chi connectivity index (χ4v) is 3.09. The first kappa shape index (κ1) is 16.2. The second-order valence-corrected chi connectivity index (χ2v) is 6.43. The summed E-state index contributed by atoms with van der Waals surface area (Å²) < 4.78 is 1.54. The highest BCUT2D eigenvalue weighted by Crippen LogP contribution is 2.21. The number of nitrogens with one attached hydrogen (secondary N) is 3. The molecule has 0 spiro atoms. The number of hydrogen-bond donors (Lipinski definition) is 3. The number of nitrogens with zero attached hydrogens (tertiary/aromatic N) is 1. The molecule has 0 saturated heterocycles. The van der Waals surface area contributed by atoms with Crippen molar-refractivity contribution in [2.75, 3.05) is 5.32 Å². The summed E-state index contributed by atoms with van der Waals surface area (Å²) in [6.07, 6.45) is 1.64. The van der Waals surface area contributed by atoms with Gasteiger partial charge < -0.3 is 15.3 Å². The van der Waals surface area contributed by atoms with Crippen LogP contribution in [0.1, 0.15) is 16.2 Å². The lowest BCUT2D eigenvalue weighted by molar-refractivity contribution is 0.102. The van der Waals surface area contributed by atoms with Crippen molar-refractivity contribution in [2.45, 2.75) is 6.92 Å². The first-order chi connectivity index (χ1) is 12.5. The maximum Gasteiger partial charge on any atom is 0.330 e. The Bertz CT molecular complexity index is 1190. The molecule has 0 saturated carbocycles. The van der Waals surface area contributed by atoms with Gasteiger partial charge in [-0.25, -0.2) is 4.79 Å². The number of anilines is 1. The normalized spacial score (nSPS) is 11.0. The minimum atomic E-state index is -0.271. The number of H-pyrrole nitrogens is 2. The standard InChI is InChI=1S/C19H15ClN4O2/c1-11-10-21-19(26)24(11)15-4-2-3-14(9-15)22-18(25)17-7-12-5-6-13(20)8-16(12)23-17/h2-10,23H,1H3,(H,21,26)(H,22,25). The van der Waals surface area contributed by atoms with Gasteiger partial charge in [0.15, 0.2) is 0 Å². The van der Waals surface area contributed by atoms with Gasteiger partial charge in [0, 0.05) is 33.5 Å². The number of halogens is 1. The van der Waals surface area contributed by atoms with Crippen LogP contribution in [0.2, 0.25) is 5.02 Å². The molecule has 2 aromatic carbocycles. The molecule has 0 aliphatic carbocycles. The molecule has 0 radical (unpaired) electrons. The van der Waals surface area contributed by atoms with Gasteiger partial charge in [-0.1, -0.05) is 23.7 Å². The van der Waals surface area contributed by atoms with Crippen molar-refractivity contribution in [1.29, 1.82) is 0 Å². The van der Waals surface area contributed by atoms with Crippen molar-refractivity contribution in [3.05, 3.63) is 81.6 Å². The molecule has 0 bridgehead atoms. The van der Waals surface area contributed by atoms with Crippen LogP contribution in [0.15, 0.2) is 59.5 Å². The number of fused-ring (bicyclic) bond motifs is 1. The van der Waals surface area contributed by atoms with E-state index in [2.05, 4.69) is 15.3 Å². The third-order valence-corrected chi connectivity index (χ3v) is 4.39. The average molecular weight is 367 g/mol. The van der Waals surface area contributed by atoms with Gasteiger partial charge in [-0.3, -0.25) is 9.36 Å². The SMILES string of the molecule is Cc1c[nH]c(=O)n1-c1cccc(NC(=O)c2cc3ccc(Cl)cc3[nH]2)c1. The lowest BCUT2D eigenvalue weighted by atomic mass is 10.2. The van der Waals surface area contributed by atoms with E-state index in [9.17, 15) is 9.59 Å². The van der Waals surface area contributed by atoms with Gasteiger partial charge in [0.05, 0.1) is 5.69 Å². The highest BCUT2D eigenvalue weighted by Gasteiger charge is 2.11. The number of hydrogen-bond acceptors (Lipinski definition) is 2. The summed E-state index contributed by atoms with van der Waals surface area (Å²) >= 11 is 5.98. The predicted molar refractivity (Wildman–Crippen MR) is 102 cm³/mol. The molecule has 3 N–H and O–H groups in total. The van der Waals surface area contributed by atoms with Crippen molar-refractivity contribution < 1.29 is 4.79 Å². The summed E-state index contributed by atoms with van der Waals surface area (Å²) in [5.74, 6) is -0.271. The number of amides is 1. The first-order valence-corrected chi connectivity index (χ1v) is 8.36. The maximum absolute atomic E-state index is 12.6. The number of aryl methyl sites for hydroxylation is 1. The van der Waals surface area contributed by atoms with Crippen LogP contribution >= 0.6 is 11.6 Å². The molecular formula is C19H15ClN4O2. The lowest BCUT2D eigenvalue weighted by Crippen LogP contribution is -2.17. The molecule has 0 fully saturated rings. The Morgan fingerprint density at radius 2 is 2.00 bits per heavy atom. The van der Waals surface area contributed by atoms with Gasteiger partial charge in [-0.2, -0.15) is 0 Å². The topological polar surface area (TPSA) is 82.7 Å². The highest BCUT2D eigenvalue weighted by atomic mass is 35.5. The summed E-state index contributed by atoms with van der Waals surface area (Å²) in [6.45, 7) is 1.83. The predicted octanol–water partition coefficient (Wildman–Crippen LogP) is 3.86. The molecule has 0 aliphatic heterocycles. The zero-order valence-electron chi connectivity index (χ0n) is 13.8. The van der Waals surface area contributed by atoms with E-state index in [0.29, 0.717) is 22.1 Å². The molecule has 0 aliphatic rings. The smallest absolute Gasteiger partial charge is 0.330 e. The van der Waals surface area contributed by atoms with Crippen molar-refractivity contribution >= 4 is 34.1 Å². The number of rotatable bonds is 3. The largest absolute Gasteiger partial charge is 0.350 e. The molecule has 7 heteroatoms. The minimum absolute atomic E-state index is 0.224. The summed E-state index contributed by atoms with van der Waals surface area (Å²) in [4.78, 5) is 30.2. The van der Waals surface area contributed by atoms with Crippen LogP contribution in [0.3, 0.4) is 0 Å². The van der Waals surface area contributed by atoms with E-state index >= 15 is 0 Å². The number of benzene rings is 2. The van der Waals surface area contributed by atoms with Crippen molar-refractivity contribution in [3.63, 3.8) is 0 Å². The quantitative estimate of drug-likeness (QED) is 0.514. The van der Waals surface area contributed by atoms with Crippen molar-refractivity contribution in [2.24, 2.45) is 0 Å². The Balaban J connectivity index is 1.63.